The predicted molar refractivity (Wildman–Crippen MR) is 133 cm³/mol. The number of hydrogen-bond donors (Lipinski definition) is 2. The van der Waals surface area contributed by atoms with Crippen LogP contribution >= 0.6 is 11.3 Å². The first kappa shape index (κ1) is 25.8. The fourth-order valence-electron chi connectivity index (χ4n) is 3.98. The number of ketones is 1. The van der Waals surface area contributed by atoms with Gasteiger partial charge in [0.05, 0.1) is 31.0 Å². The maximum Gasteiger partial charge on any atom is 0.350 e. The van der Waals surface area contributed by atoms with Gasteiger partial charge in [0.2, 0.25) is 0 Å². The van der Waals surface area contributed by atoms with Gasteiger partial charge in [-0.1, -0.05) is 29.5 Å². The second-order valence-electron chi connectivity index (χ2n) is 8.20. The second-order valence-corrected chi connectivity index (χ2v) is 9.17. The van der Waals surface area contributed by atoms with Crippen LogP contribution in [-0.4, -0.2) is 46.6 Å². The van der Waals surface area contributed by atoms with Crippen molar-refractivity contribution in [2.75, 3.05) is 18.6 Å². The number of aryl methyl sites for hydroxylation is 2. The minimum atomic E-state index is -1.22. The number of phenols is 1. The fourth-order valence-corrected chi connectivity index (χ4v) is 4.96. The van der Waals surface area contributed by atoms with E-state index in [-0.39, 0.29) is 39.3 Å². The Kier molecular flexibility index (Phi) is 6.99. The maximum absolute atomic E-state index is 14.3. The van der Waals surface area contributed by atoms with Crippen molar-refractivity contribution in [2.24, 2.45) is 0 Å². The number of aromatic hydroxyl groups is 1. The predicted octanol–water partition coefficient (Wildman–Crippen LogP) is 4.42. The van der Waals surface area contributed by atoms with Crippen molar-refractivity contribution in [3.8, 4) is 11.5 Å². The summed E-state index contributed by atoms with van der Waals surface area (Å²) in [5, 5.41) is 21.3. The average Bonchev–Trinajstić information content (AvgIpc) is 3.37. The average molecular weight is 527 g/mol. The molecule has 0 radical (unpaired) electrons. The highest BCUT2D eigenvalue weighted by atomic mass is 32.1. The molecule has 192 valence electrons. The van der Waals surface area contributed by atoms with Crippen molar-refractivity contribution < 1.29 is 38.5 Å². The molecule has 1 aliphatic rings. The van der Waals surface area contributed by atoms with Gasteiger partial charge in [0.1, 0.15) is 16.5 Å². The quantitative estimate of drug-likeness (QED) is 0.209. The van der Waals surface area contributed by atoms with Gasteiger partial charge in [-0.05, 0) is 50.1 Å². The molecule has 0 aliphatic carbocycles. The molecular formula is C26H23FN2O7S. The molecule has 0 bridgehead atoms. The molecule has 2 aromatic carbocycles. The molecule has 0 saturated carbocycles. The van der Waals surface area contributed by atoms with E-state index < -0.39 is 35.3 Å². The normalized spacial score (nSPS) is 16.8. The van der Waals surface area contributed by atoms with Crippen LogP contribution in [0.1, 0.15) is 45.0 Å². The van der Waals surface area contributed by atoms with Crippen LogP contribution in [0.5, 0.6) is 11.5 Å². The number of aliphatic hydroxyl groups excluding tert-OH is 1. The van der Waals surface area contributed by atoms with E-state index in [1.165, 1.54) is 37.4 Å². The molecular weight excluding hydrogens is 503 g/mol. The van der Waals surface area contributed by atoms with Gasteiger partial charge in [0.25, 0.3) is 5.78 Å². The summed E-state index contributed by atoms with van der Waals surface area (Å²) in [6.07, 6.45) is 0. The number of methoxy groups -OCH3 is 1. The Morgan fingerprint density at radius 2 is 1.92 bits per heavy atom. The summed E-state index contributed by atoms with van der Waals surface area (Å²) >= 11 is 0.858. The number of benzene rings is 2. The third-order valence-corrected chi connectivity index (χ3v) is 7.00. The molecule has 11 heteroatoms. The molecule has 1 unspecified atom stereocenters. The Bertz CT molecular complexity index is 1460. The summed E-state index contributed by atoms with van der Waals surface area (Å²) in [4.78, 5) is 44.5. The third-order valence-electron chi connectivity index (χ3n) is 5.86. The van der Waals surface area contributed by atoms with Crippen LogP contribution in [0.3, 0.4) is 0 Å². The number of aliphatic hydroxyl groups is 1. The van der Waals surface area contributed by atoms with E-state index in [0.29, 0.717) is 16.8 Å². The number of halogens is 1. The smallest absolute Gasteiger partial charge is 0.350 e. The standard InChI is InChI=1S/C26H23FN2O7S/c1-5-36-25(34)23-13(3)28-26(37-23)29-20(14-8-9-17(30)18(11-14)35-4)19(22(32)24(29)33)21(31)15-7-6-12(2)16(27)10-15/h6-11,20,30-31H,5H2,1-4H3/b21-19+. The van der Waals surface area contributed by atoms with Crippen LogP contribution in [0, 0.1) is 19.7 Å². The molecule has 0 spiro atoms. The van der Waals surface area contributed by atoms with Crippen LogP contribution in [0.25, 0.3) is 5.76 Å². The summed E-state index contributed by atoms with van der Waals surface area (Å²) in [6, 6.07) is 6.90. The van der Waals surface area contributed by atoms with Gasteiger partial charge in [0, 0.05) is 5.56 Å². The Morgan fingerprint density at radius 1 is 1.19 bits per heavy atom. The van der Waals surface area contributed by atoms with Gasteiger partial charge < -0.3 is 19.7 Å². The Morgan fingerprint density at radius 3 is 2.57 bits per heavy atom. The van der Waals surface area contributed by atoms with E-state index in [2.05, 4.69) is 4.98 Å². The van der Waals surface area contributed by atoms with Gasteiger partial charge >= 0.3 is 11.9 Å². The number of phenolic OH excluding ortho intramolecular Hbond substituents is 1. The number of hydrogen-bond acceptors (Lipinski definition) is 9. The minimum Gasteiger partial charge on any atom is -0.507 e. The van der Waals surface area contributed by atoms with E-state index in [9.17, 15) is 29.0 Å². The number of thiazole rings is 1. The van der Waals surface area contributed by atoms with E-state index in [1.54, 1.807) is 20.8 Å². The van der Waals surface area contributed by atoms with Crippen LogP contribution < -0.4 is 9.64 Å². The number of anilines is 1. The first-order valence-corrected chi connectivity index (χ1v) is 12.0. The zero-order chi connectivity index (χ0) is 27.0. The molecule has 2 N–H and O–H groups in total. The first-order chi connectivity index (χ1) is 17.6. The summed E-state index contributed by atoms with van der Waals surface area (Å²) in [6.45, 7) is 4.90. The zero-order valence-corrected chi connectivity index (χ0v) is 21.2. The molecule has 1 aromatic heterocycles. The maximum atomic E-state index is 14.3. The van der Waals surface area contributed by atoms with Gasteiger partial charge in [-0.25, -0.2) is 14.2 Å². The Hall–Kier alpha value is -4.25. The summed E-state index contributed by atoms with van der Waals surface area (Å²) in [5.41, 5.74) is 0.615. The number of carbonyl (C=O) groups is 3. The van der Waals surface area contributed by atoms with Crippen molar-refractivity contribution >= 4 is 39.9 Å². The van der Waals surface area contributed by atoms with Gasteiger partial charge in [-0.2, -0.15) is 0 Å². The molecule has 1 amide bonds. The monoisotopic (exact) mass is 526 g/mol. The number of Topliss-reactive ketones (excluding diaryl/α,β-unsaturated/α-hetero) is 1. The second kappa shape index (κ2) is 10.0. The Balaban J connectivity index is 1.95. The van der Waals surface area contributed by atoms with Crippen LogP contribution in [-0.2, 0) is 14.3 Å². The summed E-state index contributed by atoms with van der Waals surface area (Å²) in [5.74, 6) is -3.97. The number of rotatable bonds is 6. The number of amides is 1. The number of carbonyl (C=O) groups excluding carboxylic acids is 3. The highest BCUT2D eigenvalue weighted by Crippen LogP contribution is 2.45. The van der Waals surface area contributed by atoms with Crippen LogP contribution in [0.2, 0.25) is 0 Å². The molecule has 1 saturated heterocycles. The third kappa shape index (κ3) is 4.53. The first-order valence-electron chi connectivity index (χ1n) is 11.2. The van der Waals surface area contributed by atoms with Crippen molar-refractivity contribution in [2.45, 2.75) is 26.8 Å². The SMILES string of the molecule is CCOC(=O)c1sc(N2C(=O)C(=O)/C(=C(/O)c3ccc(C)c(F)c3)C2c2ccc(O)c(OC)c2)nc1C. The lowest BCUT2D eigenvalue weighted by Gasteiger charge is -2.23. The highest BCUT2D eigenvalue weighted by Gasteiger charge is 2.48. The molecule has 1 fully saturated rings. The molecule has 2 heterocycles. The summed E-state index contributed by atoms with van der Waals surface area (Å²) < 4.78 is 24.5. The lowest BCUT2D eigenvalue weighted by atomic mass is 9.95. The molecule has 4 rings (SSSR count). The molecule has 3 aromatic rings. The molecule has 9 nitrogen and oxygen atoms in total. The van der Waals surface area contributed by atoms with E-state index >= 15 is 0 Å². The zero-order valence-electron chi connectivity index (χ0n) is 20.4. The molecule has 1 atom stereocenters. The van der Waals surface area contributed by atoms with Crippen molar-refractivity contribution in [1.29, 1.82) is 0 Å². The van der Waals surface area contributed by atoms with E-state index in [0.717, 1.165) is 22.3 Å². The lowest BCUT2D eigenvalue weighted by Crippen LogP contribution is -2.29. The van der Waals surface area contributed by atoms with Crippen molar-refractivity contribution in [3.05, 3.63) is 75.0 Å². The molecule has 37 heavy (non-hydrogen) atoms. The van der Waals surface area contributed by atoms with E-state index in [1.807, 2.05) is 0 Å². The number of nitrogens with zero attached hydrogens (tertiary/aromatic N) is 2. The lowest BCUT2D eigenvalue weighted by molar-refractivity contribution is -0.132. The summed E-state index contributed by atoms with van der Waals surface area (Å²) in [7, 11) is 1.33. The van der Waals surface area contributed by atoms with Crippen molar-refractivity contribution in [3.63, 3.8) is 0 Å². The van der Waals surface area contributed by atoms with Gasteiger partial charge in [-0.15, -0.1) is 0 Å². The van der Waals surface area contributed by atoms with E-state index in [4.69, 9.17) is 9.47 Å². The highest BCUT2D eigenvalue weighted by molar-refractivity contribution is 7.17. The fraction of sp³-hybridized carbons (Fsp3) is 0.231. The molecule has 1 aliphatic heterocycles. The topological polar surface area (TPSA) is 126 Å². The van der Waals surface area contributed by atoms with Crippen LogP contribution in [0.15, 0.2) is 42.0 Å². The number of esters is 1. The number of ether oxygens (including phenoxy) is 2. The Labute approximate surface area is 215 Å². The largest absolute Gasteiger partial charge is 0.507 e. The van der Waals surface area contributed by atoms with Crippen molar-refractivity contribution in [1.82, 2.24) is 4.98 Å². The van der Waals surface area contributed by atoms with Crippen LogP contribution in [0.4, 0.5) is 9.52 Å². The van der Waals surface area contributed by atoms with Gasteiger partial charge in [-0.3, -0.25) is 14.5 Å². The number of aromatic nitrogens is 1. The van der Waals surface area contributed by atoms with Gasteiger partial charge in [0.15, 0.2) is 16.6 Å². The minimum absolute atomic E-state index is 0.000578.